The van der Waals surface area contributed by atoms with E-state index in [0.717, 1.165) is 0 Å². The maximum absolute atomic E-state index is 11.2. The van der Waals surface area contributed by atoms with Crippen molar-refractivity contribution in [1.29, 1.82) is 0 Å². The smallest absolute Gasteiger partial charge is 0.391 e. The Balaban J connectivity index is 3.47. The van der Waals surface area contributed by atoms with E-state index in [4.69, 9.17) is 10.2 Å². The third kappa shape index (κ3) is 5.58. The van der Waals surface area contributed by atoms with Crippen LogP contribution in [0, 0.1) is 0 Å². The molecule has 0 saturated heterocycles. The van der Waals surface area contributed by atoms with Crippen molar-refractivity contribution >= 4 is 0 Å². The lowest BCUT2D eigenvalue weighted by Gasteiger charge is -2.08. The summed E-state index contributed by atoms with van der Waals surface area (Å²) in [6.45, 7) is -0.848. The monoisotopic (exact) mass is 144 g/mol. The Morgan fingerprint density at radius 2 is 1.78 bits per heavy atom. The van der Waals surface area contributed by atoms with Gasteiger partial charge in [0.05, 0.1) is 19.1 Å². The zero-order chi connectivity index (χ0) is 7.49. The van der Waals surface area contributed by atoms with E-state index in [9.17, 15) is 13.2 Å². The average Bonchev–Trinajstić information content (AvgIpc) is 1.62. The first-order valence-corrected chi connectivity index (χ1v) is 2.31. The molecule has 1 atom stereocenters. The lowest BCUT2D eigenvalue weighted by Crippen LogP contribution is -2.21. The number of hydrogen-bond donors (Lipinski definition) is 2. The zero-order valence-corrected chi connectivity index (χ0v) is 4.52. The van der Waals surface area contributed by atoms with Crippen molar-refractivity contribution in [2.75, 3.05) is 6.61 Å². The third-order valence-electron chi connectivity index (χ3n) is 0.678. The summed E-state index contributed by atoms with van der Waals surface area (Å²) in [5.74, 6) is 0. The van der Waals surface area contributed by atoms with E-state index in [-0.39, 0.29) is 0 Å². The molecule has 0 bridgehead atoms. The summed E-state index contributed by atoms with van der Waals surface area (Å²) in [5, 5.41) is 16.2. The Bertz CT molecular complexity index is 80.4. The normalized spacial score (nSPS) is 15.7. The van der Waals surface area contributed by atoms with Gasteiger partial charge < -0.3 is 10.2 Å². The van der Waals surface area contributed by atoms with E-state index < -0.39 is 25.3 Å². The van der Waals surface area contributed by atoms with Crippen LogP contribution in [0.4, 0.5) is 13.2 Å². The van der Waals surface area contributed by atoms with Gasteiger partial charge in [-0.1, -0.05) is 0 Å². The highest BCUT2D eigenvalue weighted by Crippen LogP contribution is 2.20. The third-order valence-corrected chi connectivity index (χ3v) is 0.678. The van der Waals surface area contributed by atoms with Gasteiger partial charge in [-0.2, -0.15) is 13.2 Å². The minimum absolute atomic E-state index is 0.848. The second-order valence-corrected chi connectivity index (χ2v) is 1.66. The Labute approximate surface area is 49.9 Å². The fraction of sp³-hybridized carbons (Fsp3) is 1.00. The molecule has 0 radical (unpaired) electrons. The molecule has 0 aliphatic carbocycles. The predicted octanol–water partition coefficient (Wildman–Crippen LogP) is 0.292. The SMILES string of the molecule is OCC(O)CC(F)(F)F. The van der Waals surface area contributed by atoms with Crippen LogP contribution < -0.4 is 0 Å². The molecule has 0 saturated carbocycles. The fourth-order valence-corrected chi connectivity index (χ4v) is 0.332. The lowest BCUT2D eigenvalue weighted by atomic mass is 10.3. The quantitative estimate of drug-likeness (QED) is 0.584. The number of aliphatic hydroxyl groups excluding tert-OH is 2. The number of hydrogen-bond acceptors (Lipinski definition) is 2. The molecule has 0 aromatic carbocycles. The van der Waals surface area contributed by atoms with Crippen molar-refractivity contribution in [1.82, 2.24) is 0 Å². The predicted molar refractivity (Wildman–Crippen MR) is 23.8 cm³/mol. The van der Waals surface area contributed by atoms with E-state index in [1.807, 2.05) is 0 Å². The van der Waals surface area contributed by atoms with Crippen molar-refractivity contribution in [2.24, 2.45) is 0 Å². The molecule has 2 N–H and O–H groups in total. The Morgan fingerprint density at radius 1 is 1.33 bits per heavy atom. The van der Waals surface area contributed by atoms with Crippen molar-refractivity contribution in [3.05, 3.63) is 0 Å². The molecule has 2 nitrogen and oxygen atoms in total. The number of halogens is 3. The Morgan fingerprint density at radius 3 is 1.89 bits per heavy atom. The second kappa shape index (κ2) is 3.03. The van der Waals surface area contributed by atoms with Crippen LogP contribution in [-0.4, -0.2) is 29.1 Å². The molecule has 0 heterocycles. The van der Waals surface area contributed by atoms with Crippen molar-refractivity contribution in [3.63, 3.8) is 0 Å². The number of alkyl halides is 3. The standard InChI is InChI=1S/C4H7F3O2/c5-4(6,7)1-3(9)2-8/h3,8-9H,1-2H2. The van der Waals surface area contributed by atoms with E-state index >= 15 is 0 Å². The molecule has 56 valence electrons. The van der Waals surface area contributed by atoms with E-state index in [2.05, 4.69) is 0 Å². The zero-order valence-electron chi connectivity index (χ0n) is 4.52. The molecular formula is C4H7F3O2. The first-order valence-electron chi connectivity index (χ1n) is 2.31. The summed E-state index contributed by atoms with van der Waals surface area (Å²) in [5.41, 5.74) is 0. The van der Waals surface area contributed by atoms with Gasteiger partial charge in [0, 0.05) is 0 Å². The van der Waals surface area contributed by atoms with Gasteiger partial charge in [-0.05, 0) is 0 Å². The van der Waals surface area contributed by atoms with Crippen LogP contribution in [0.3, 0.4) is 0 Å². The minimum atomic E-state index is -4.39. The van der Waals surface area contributed by atoms with E-state index in [0.29, 0.717) is 0 Å². The second-order valence-electron chi connectivity index (χ2n) is 1.66. The van der Waals surface area contributed by atoms with Gasteiger partial charge in [0.1, 0.15) is 0 Å². The van der Waals surface area contributed by atoms with Crippen LogP contribution in [0.25, 0.3) is 0 Å². The van der Waals surface area contributed by atoms with Crippen LogP contribution in [0.15, 0.2) is 0 Å². The first-order chi connectivity index (χ1) is 3.95. The lowest BCUT2D eigenvalue weighted by molar-refractivity contribution is -0.157. The van der Waals surface area contributed by atoms with Gasteiger partial charge in [0.2, 0.25) is 0 Å². The molecule has 5 heteroatoms. The van der Waals surface area contributed by atoms with E-state index in [1.54, 1.807) is 0 Å². The molecule has 0 fully saturated rings. The summed E-state index contributed by atoms with van der Waals surface area (Å²) in [4.78, 5) is 0. The molecule has 1 unspecified atom stereocenters. The number of aliphatic hydroxyl groups is 2. The summed E-state index contributed by atoms with van der Waals surface area (Å²) in [6, 6.07) is 0. The summed E-state index contributed by atoms with van der Waals surface area (Å²) >= 11 is 0. The van der Waals surface area contributed by atoms with Crippen LogP contribution in [0.5, 0.6) is 0 Å². The number of rotatable bonds is 2. The van der Waals surface area contributed by atoms with Gasteiger partial charge in [-0.15, -0.1) is 0 Å². The molecule has 0 aromatic heterocycles. The largest absolute Gasteiger partial charge is 0.394 e. The highest BCUT2D eigenvalue weighted by Gasteiger charge is 2.30. The van der Waals surface area contributed by atoms with Gasteiger partial charge >= 0.3 is 6.18 Å². The average molecular weight is 144 g/mol. The van der Waals surface area contributed by atoms with Crippen molar-refractivity contribution < 1.29 is 23.4 Å². The Hall–Kier alpha value is -0.290. The molecule has 0 spiro atoms. The molecule has 0 aliphatic heterocycles. The highest BCUT2D eigenvalue weighted by atomic mass is 19.4. The molecule has 0 aromatic rings. The summed E-state index contributed by atoms with van der Waals surface area (Å²) in [6.07, 6.45) is -7.41. The van der Waals surface area contributed by atoms with Gasteiger partial charge in [0.25, 0.3) is 0 Å². The van der Waals surface area contributed by atoms with Crippen molar-refractivity contribution in [2.45, 2.75) is 18.7 Å². The van der Waals surface area contributed by atoms with Crippen LogP contribution in [0.2, 0.25) is 0 Å². The van der Waals surface area contributed by atoms with Crippen LogP contribution in [0.1, 0.15) is 6.42 Å². The van der Waals surface area contributed by atoms with Gasteiger partial charge in [-0.3, -0.25) is 0 Å². The minimum Gasteiger partial charge on any atom is -0.394 e. The van der Waals surface area contributed by atoms with Gasteiger partial charge in [0.15, 0.2) is 0 Å². The molecular weight excluding hydrogens is 137 g/mol. The molecule has 0 aliphatic rings. The van der Waals surface area contributed by atoms with Crippen LogP contribution in [-0.2, 0) is 0 Å². The maximum Gasteiger partial charge on any atom is 0.391 e. The molecule has 0 rings (SSSR count). The maximum atomic E-state index is 11.2. The topological polar surface area (TPSA) is 40.5 Å². The van der Waals surface area contributed by atoms with E-state index in [1.165, 1.54) is 0 Å². The van der Waals surface area contributed by atoms with Crippen LogP contribution >= 0.6 is 0 Å². The fourth-order valence-electron chi connectivity index (χ4n) is 0.332. The van der Waals surface area contributed by atoms with Gasteiger partial charge in [-0.25, -0.2) is 0 Å². The summed E-state index contributed by atoms with van der Waals surface area (Å²) < 4.78 is 33.7. The molecule has 0 amide bonds. The first kappa shape index (κ1) is 8.71. The van der Waals surface area contributed by atoms with Crippen molar-refractivity contribution in [3.8, 4) is 0 Å². The Kier molecular flexibility index (Phi) is 2.93. The summed E-state index contributed by atoms with van der Waals surface area (Å²) in [7, 11) is 0. The molecule has 9 heavy (non-hydrogen) atoms. The highest BCUT2D eigenvalue weighted by molar-refractivity contribution is 4.58.